The number of urea groups is 1. The number of aromatic nitrogens is 1. The second kappa shape index (κ2) is 18.2. The Kier molecular flexibility index (Phi) is 15.4. The van der Waals surface area contributed by atoms with E-state index in [0.717, 1.165) is 30.6 Å². The third-order valence-electron chi connectivity index (χ3n) is 6.22. The van der Waals surface area contributed by atoms with Crippen molar-refractivity contribution in [3.63, 3.8) is 0 Å². The molecule has 0 aliphatic carbocycles. The van der Waals surface area contributed by atoms with Gasteiger partial charge in [-0.2, -0.15) is 4.57 Å². The third-order valence-corrected chi connectivity index (χ3v) is 7.31. The summed E-state index contributed by atoms with van der Waals surface area (Å²) in [6.07, 6.45) is 14.9. The molecule has 0 fully saturated rings. The highest BCUT2D eigenvalue weighted by molar-refractivity contribution is 7.09. The third kappa shape index (κ3) is 12.2. The fourth-order valence-electron chi connectivity index (χ4n) is 4.26. The zero-order valence-electron chi connectivity index (χ0n) is 22.6. The number of halogens is 2. The number of benzene rings is 2. The molecule has 38 heavy (non-hydrogen) atoms. The second-order valence-corrected chi connectivity index (χ2v) is 11.1. The molecule has 0 spiro atoms. The molecule has 0 aliphatic rings. The van der Waals surface area contributed by atoms with Crippen LogP contribution in [0.25, 0.3) is 0 Å². The summed E-state index contributed by atoms with van der Waals surface area (Å²) in [4.78, 5) is 14.0. The molecular weight excluding hydrogens is 582 g/mol. The van der Waals surface area contributed by atoms with Gasteiger partial charge in [0.2, 0.25) is 5.51 Å². The van der Waals surface area contributed by atoms with Gasteiger partial charge in [0.1, 0.15) is 5.75 Å². The Balaban J connectivity index is 0.00000507. The Morgan fingerprint density at radius 2 is 1.66 bits per heavy atom. The van der Waals surface area contributed by atoms with Gasteiger partial charge in [-0.1, -0.05) is 99.8 Å². The summed E-state index contributed by atoms with van der Waals surface area (Å²) in [6.45, 7) is 5.71. The highest BCUT2D eigenvalue weighted by Crippen LogP contribution is 2.29. The fraction of sp³-hybridized carbons (Fsp3) is 0.467. The van der Waals surface area contributed by atoms with Gasteiger partial charge in [-0.05, 0) is 37.6 Å². The number of hydrogen-bond donors (Lipinski definition) is 2. The molecule has 0 radical (unpaired) electrons. The molecule has 2 amide bonds. The van der Waals surface area contributed by atoms with Crippen LogP contribution in [-0.4, -0.2) is 12.6 Å². The Labute approximate surface area is 247 Å². The van der Waals surface area contributed by atoms with Gasteiger partial charge < -0.3 is 32.4 Å². The molecule has 0 saturated carbocycles. The molecule has 2 N–H and O–H groups in total. The predicted octanol–water partition coefficient (Wildman–Crippen LogP) is 5.99. The number of anilines is 2. The summed E-state index contributed by atoms with van der Waals surface area (Å²) in [5, 5.41) is 6.42. The Morgan fingerprint density at radius 1 is 0.947 bits per heavy atom. The standard InChI is InChI=1S/C30H40ClN3O2S.BrH/c1-3-4-5-6-7-8-9-10-11-12-18-36-29-20-26(31)16-17-28(29)33-30(35)32-27-15-13-14-25(19-27)22-34-21-24(2)37-23-34;/h13-17,19-21,23H,3-12,18,22H2,1-2H3,(H-,32,33,35);1H. The van der Waals surface area contributed by atoms with Gasteiger partial charge in [0, 0.05) is 22.3 Å². The molecule has 5 nitrogen and oxygen atoms in total. The highest BCUT2D eigenvalue weighted by Gasteiger charge is 2.11. The van der Waals surface area contributed by atoms with E-state index in [0.29, 0.717) is 23.1 Å². The zero-order valence-corrected chi connectivity index (χ0v) is 25.8. The number of ether oxygens (including phenoxy) is 1. The van der Waals surface area contributed by atoms with E-state index in [4.69, 9.17) is 16.3 Å². The van der Waals surface area contributed by atoms with Crippen LogP contribution in [0.5, 0.6) is 5.75 Å². The number of carbonyl (C=O) groups excluding carboxylic acids is 1. The van der Waals surface area contributed by atoms with Crippen molar-refractivity contribution in [2.45, 2.75) is 84.6 Å². The first-order chi connectivity index (χ1) is 18.0. The maximum Gasteiger partial charge on any atom is 0.323 e. The molecule has 8 heteroatoms. The SMILES string of the molecule is CCCCCCCCCCCCOc1cc(Cl)ccc1NC(=O)Nc1cccc(C[n+]2csc(C)c2)c1.[Br-]. The smallest absolute Gasteiger partial charge is 0.323 e. The lowest BCUT2D eigenvalue weighted by atomic mass is 10.1. The molecule has 0 atom stereocenters. The molecule has 0 unspecified atom stereocenters. The average Bonchev–Trinajstić information content (AvgIpc) is 3.28. The first kappa shape index (κ1) is 32.1. The number of unbranched alkanes of at least 4 members (excludes halogenated alkanes) is 9. The topological polar surface area (TPSA) is 54.2 Å². The molecule has 0 saturated heterocycles. The molecule has 0 aliphatic heterocycles. The first-order valence-electron chi connectivity index (χ1n) is 13.6. The fourth-order valence-corrected chi connectivity index (χ4v) is 5.06. The summed E-state index contributed by atoms with van der Waals surface area (Å²) in [5.74, 6) is 0.594. The van der Waals surface area contributed by atoms with Crippen molar-refractivity contribution in [1.29, 1.82) is 0 Å². The van der Waals surface area contributed by atoms with Crippen LogP contribution in [0.15, 0.2) is 54.2 Å². The largest absolute Gasteiger partial charge is 1.00 e. The van der Waals surface area contributed by atoms with Gasteiger partial charge in [-0.3, -0.25) is 0 Å². The van der Waals surface area contributed by atoms with E-state index in [1.54, 1.807) is 29.5 Å². The number of carbonyl (C=O) groups is 1. The van der Waals surface area contributed by atoms with Crippen LogP contribution in [0.4, 0.5) is 16.2 Å². The Hall–Kier alpha value is -2.09. The zero-order chi connectivity index (χ0) is 26.3. The van der Waals surface area contributed by atoms with E-state index in [9.17, 15) is 4.79 Å². The van der Waals surface area contributed by atoms with Crippen molar-refractivity contribution in [2.24, 2.45) is 0 Å². The lowest BCUT2D eigenvalue weighted by molar-refractivity contribution is -0.683. The van der Waals surface area contributed by atoms with Crippen LogP contribution in [0.1, 0.15) is 81.6 Å². The van der Waals surface area contributed by atoms with Gasteiger partial charge in [-0.25, -0.2) is 4.79 Å². The van der Waals surface area contributed by atoms with Crippen LogP contribution in [0.3, 0.4) is 0 Å². The van der Waals surface area contributed by atoms with Crippen molar-refractivity contribution in [2.75, 3.05) is 17.2 Å². The maximum atomic E-state index is 12.7. The van der Waals surface area contributed by atoms with Crippen LogP contribution in [0, 0.1) is 6.92 Å². The van der Waals surface area contributed by atoms with E-state index in [2.05, 4.69) is 46.8 Å². The molecule has 3 aromatic rings. The number of nitrogens with zero attached hydrogens (tertiary/aromatic N) is 1. The minimum Gasteiger partial charge on any atom is -1.00 e. The quantitative estimate of drug-likeness (QED) is 0.152. The van der Waals surface area contributed by atoms with Gasteiger partial charge >= 0.3 is 6.03 Å². The summed E-state index contributed by atoms with van der Waals surface area (Å²) in [7, 11) is 0. The molecule has 3 rings (SSSR count). The Bertz CT molecular complexity index is 1110. The lowest BCUT2D eigenvalue weighted by Gasteiger charge is -2.14. The molecule has 0 bridgehead atoms. The summed E-state index contributed by atoms with van der Waals surface area (Å²) in [5.41, 5.74) is 4.56. The maximum absolute atomic E-state index is 12.7. The number of nitrogens with one attached hydrogen (secondary N) is 2. The van der Waals surface area contributed by atoms with Gasteiger partial charge in [0.25, 0.3) is 0 Å². The number of thiazole rings is 1. The second-order valence-electron chi connectivity index (χ2n) is 9.59. The highest BCUT2D eigenvalue weighted by atomic mass is 79.9. The molecule has 1 aromatic heterocycles. The Morgan fingerprint density at radius 3 is 2.34 bits per heavy atom. The number of rotatable bonds is 16. The number of amides is 2. The van der Waals surface area contributed by atoms with Crippen molar-refractivity contribution < 1.29 is 31.1 Å². The van der Waals surface area contributed by atoms with Crippen molar-refractivity contribution in [1.82, 2.24) is 0 Å². The number of aryl methyl sites for hydroxylation is 1. The van der Waals surface area contributed by atoms with E-state index in [1.165, 1.54) is 56.2 Å². The molecule has 1 heterocycles. The lowest BCUT2D eigenvalue weighted by Crippen LogP contribution is -3.00. The van der Waals surface area contributed by atoms with Gasteiger partial charge in [0.15, 0.2) is 12.7 Å². The summed E-state index contributed by atoms with van der Waals surface area (Å²) >= 11 is 7.92. The van der Waals surface area contributed by atoms with Crippen molar-refractivity contribution >= 4 is 40.3 Å². The predicted molar refractivity (Wildman–Crippen MR) is 156 cm³/mol. The van der Waals surface area contributed by atoms with Crippen LogP contribution < -0.4 is 36.9 Å². The van der Waals surface area contributed by atoms with E-state index in [-0.39, 0.29) is 23.0 Å². The normalized spacial score (nSPS) is 10.6. The van der Waals surface area contributed by atoms with E-state index in [1.807, 2.05) is 18.2 Å². The molecular formula is C30H41BrClN3O2S. The minimum absolute atomic E-state index is 0. The van der Waals surface area contributed by atoms with Crippen molar-refractivity contribution in [3.8, 4) is 5.75 Å². The van der Waals surface area contributed by atoms with E-state index >= 15 is 0 Å². The molecule has 2 aromatic carbocycles. The molecule has 208 valence electrons. The van der Waals surface area contributed by atoms with E-state index < -0.39 is 0 Å². The van der Waals surface area contributed by atoms with Gasteiger partial charge in [0.05, 0.1) is 17.2 Å². The monoisotopic (exact) mass is 621 g/mol. The summed E-state index contributed by atoms with van der Waals surface area (Å²) in [6, 6.07) is 12.9. The van der Waals surface area contributed by atoms with Crippen LogP contribution in [-0.2, 0) is 6.54 Å². The summed E-state index contributed by atoms with van der Waals surface area (Å²) < 4.78 is 8.14. The first-order valence-corrected chi connectivity index (χ1v) is 14.8. The number of hydrogen-bond acceptors (Lipinski definition) is 3. The average molecular weight is 623 g/mol. The van der Waals surface area contributed by atoms with Crippen LogP contribution >= 0.6 is 22.9 Å². The van der Waals surface area contributed by atoms with Crippen molar-refractivity contribution in [3.05, 3.63) is 69.6 Å². The van der Waals surface area contributed by atoms with Crippen LogP contribution in [0.2, 0.25) is 5.02 Å². The van der Waals surface area contributed by atoms with Gasteiger partial charge in [-0.15, -0.1) is 0 Å². The minimum atomic E-state index is -0.317.